The van der Waals surface area contributed by atoms with Crippen LogP contribution < -0.4 is 5.73 Å². The lowest BCUT2D eigenvalue weighted by Crippen LogP contribution is -2.30. The van der Waals surface area contributed by atoms with Crippen molar-refractivity contribution in [2.75, 3.05) is 0 Å². The van der Waals surface area contributed by atoms with Crippen LogP contribution in [-0.2, 0) is 13.0 Å². The number of hydrogen-bond acceptors (Lipinski definition) is 2. The Balaban J connectivity index is 1.91. The van der Waals surface area contributed by atoms with Gasteiger partial charge in [0, 0.05) is 22.3 Å². The Morgan fingerprint density at radius 3 is 2.75 bits per heavy atom. The van der Waals surface area contributed by atoms with E-state index in [1.54, 1.807) is 0 Å². The zero-order chi connectivity index (χ0) is 14.3. The highest BCUT2D eigenvalue weighted by Crippen LogP contribution is 2.39. The normalized spacial score (nSPS) is 20.7. The number of nitrogens with zero attached hydrogens (tertiary/aromatic N) is 2. The lowest BCUT2D eigenvalue weighted by molar-refractivity contribution is 0.275. The van der Waals surface area contributed by atoms with E-state index in [9.17, 15) is 0 Å². The summed E-state index contributed by atoms with van der Waals surface area (Å²) in [4.78, 5) is 0. The predicted octanol–water partition coefficient (Wildman–Crippen LogP) is 3.56. The van der Waals surface area contributed by atoms with Gasteiger partial charge < -0.3 is 5.73 Å². The van der Waals surface area contributed by atoms with Crippen LogP contribution in [0.15, 0.2) is 30.5 Å². The first-order valence-corrected chi connectivity index (χ1v) is 7.37. The van der Waals surface area contributed by atoms with E-state index in [0.29, 0.717) is 0 Å². The average molecular weight is 290 g/mol. The summed E-state index contributed by atoms with van der Waals surface area (Å²) in [6.07, 6.45) is 3.99. The topological polar surface area (TPSA) is 43.8 Å². The summed E-state index contributed by atoms with van der Waals surface area (Å²) in [5.74, 6) is 0. The number of halogens is 1. The molecule has 2 N–H and O–H groups in total. The van der Waals surface area contributed by atoms with Gasteiger partial charge in [0.2, 0.25) is 0 Å². The van der Waals surface area contributed by atoms with E-state index in [4.69, 9.17) is 17.3 Å². The van der Waals surface area contributed by atoms with Crippen LogP contribution in [-0.4, -0.2) is 9.78 Å². The fourth-order valence-electron chi connectivity index (χ4n) is 3.06. The highest BCUT2D eigenvalue weighted by atomic mass is 35.5. The van der Waals surface area contributed by atoms with E-state index in [1.807, 2.05) is 30.5 Å². The summed E-state index contributed by atoms with van der Waals surface area (Å²) in [6, 6.07) is 8.03. The first-order valence-electron chi connectivity index (χ1n) is 6.99. The third-order valence-electron chi connectivity index (χ3n) is 4.04. The molecule has 1 aliphatic carbocycles. The molecule has 1 unspecified atom stereocenters. The minimum atomic E-state index is 0.104. The molecule has 0 spiro atoms. The van der Waals surface area contributed by atoms with Gasteiger partial charge in [0.05, 0.1) is 12.7 Å². The van der Waals surface area contributed by atoms with Crippen molar-refractivity contribution in [1.82, 2.24) is 9.78 Å². The van der Waals surface area contributed by atoms with Crippen molar-refractivity contribution in [3.8, 4) is 0 Å². The van der Waals surface area contributed by atoms with Crippen LogP contribution in [0, 0.1) is 5.41 Å². The van der Waals surface area contributed by atoms with Crippen LogP contribution in [0.2, 0.25) is 5.02 Å². The third kappa shape index (κ3) is 2.60. The minimum Gasteiger partial charge on any atom is -0.324 e. The Morgan fingerprint density at radius 2 is 2.05 bits per heavy atom. The van der Waals surface area contributed by atoms with E-state index >= 15 is 0 Å². The molecule has 2 aromatic rings. The van der Waals surface area contributed by atoms with Crippen LogP contribution in [0.5, 0.6) is 0 Å². The average Bonchev–Trinajstić information content (AvgIpc) is 2.74. The van der Waals surface area contributed by atoms with Crippen LogP contribution in [0.4, 0.5) is 0 Å². The third-order valence-corrected chi connectivity index (χ3v) is 4.30. The van der Waals surface area contributed by atoms with Crippen LogP contribution in [0.3, 0.4) is 0 Å². The van der Waals surface area contributed by atoms with Crippen molar-refractivity contribution < 1.29 is 0 Å². The van der Waals surface area contributed by atoms with E-state index in [2.05, 4.69) is 23.6 Å². The van der Waals surface area contributed by atoms with Gasteiger partial charge in [-0.2, -0.15) is 5.10 Å². The molecule has 0 amide bonds. The van der Waals surface area contributed by atoms with Gasteiger partial charge in [-0.1, -0.05) is 37.6 Å². The number of rotatable bonds is 2. The molecule has 0 bridgehead atoms. The Hall–Kier alpha value is -1.32. The van der Waals surface area contributed by atoms with Gasteiger partial charge in [0.1, 0.15) is 0 Å². The number of aromatic nitrogens is 2. The Bertz CT molecular complexity index is 613. The standard InChI is InChI=1S/C16H20ClN3/c1-16(2)7-14(18)13-9-19-20(15(13)8-16)10-11-3-5-12(17)6-4-11/h3-6,9,14H,7-8,10,18H2,1-2H3. The van der Waals surface area contributed by atoms with Crippen molar-refractivity contribution in [1.29, 1.82) is 0 Å². The lowest BCUT2D eigenvalue weighted by Gasteiger charge is -2.33. The quantitative estimate of drug-likeness (QED) is 0.919. The summed E-state index contributed by atoms with van der Waals surface area (Å²) < 4.78 is 2.08. The molecule has 0 saturated carbocycles. The molecule has 1 heterocycles. The highest BCUT2D eigenvalue weighted by molar-refractivity contribution is 6.30. The van der Waals surface area contributed by atoms with Gasteiger partial charge in [-0.15, -0.1) is 0 Å². The van der Waals surface area contributed by atoms with Crippen molar-refractivity contribution in [3.05, 3.63) is 52.3 Å². The molecule has 1 atom stereocenters. The molecular formula is C16H20ClN3. The van der Waals surface area contributed by atoms with Crippen molar-refractivity contribution in [2.24, 2.45) is 11.1 Å². The molecule has 1 aromatic heterocycles. The van der Waals surface area contributed by atoms with Crippen LogP contribution >= 0.6 is 11.6 Å². The van der Waals surface area contributed by atoms with Gasteiger partial charge in [-0.25, -0.2) is 0 Å². The summed E-state index contributed by atoms with van der Waals surface area (Å²) in [7, 11) is 0. The second kappa shape index (κ2) is 4.90. The fraction of sp³-hybridized carbons (Fsp3) is 0.438. The molecule has 3 nitrogen and oxygen atoms in total. The van der Waals surface area contributed by atoms with E-state index < -0.39 is 0 Å². The molecule has 1 aliphatic rings. The van der Waals surface area contributed by atoms with Gasteiger partial charge in [0.15, 0.2) is 0 Å². The zero-order valence-electron chi connectivity index (χ0n) is 11.9. The number of hydrogen-bond donors (Lipinski definition) is 1. The number of benzene rings is 1. The first-order chi connectivity index (χ1) is 9.44. The van der Waals surface area contributed by atoms with Gasteiger partial charge in [-0.3, -0.25) is 4.68 Å². The molecule has 0 fully saturated rings. The smallest absolute Gasteiger partial charge is 0.0662 e. The number of fused-ring (bicyclic) bond motifs is 1. The summed E-state index contributed by atoms with van der Waals surface area (Å²) in [5.41, 5.74) is 10.2. The van der Waals surface area contributed by atoms with Gasteiger partial charge in [0.25, 0.3) is 0 Å². The highest BCUT2D eigenvalue weighted by Gasteiger charge is 2.33. The van der Waals surface area contributed by atoms with Crippen molar-refractivity contribution >= 4 is 11.6 Å². The van der Waals surface area contributed by atoms with Gasteiger partial charge >= 0.3 is 0 Å². The fourth-order valence-corrected chi connectivity index (χ4v) is 3.18. The minimum absolute atomic E-state index is 0.104. The second-order valence-electron chi connectivity index (χ2n) is 6.48. The monoisotopic (exact) mass is 289 g/mol. The molecule has 106 valence electrons. The Kier molecular flexibility index (Phi) is 3.35. The van der Waals surface area contributed by atoms with E-state index in [1.165, 1.54) is 16.8 Å². The van der Waals surface area contributed by atoms with E-state index in [-0.39, 0.29) is 11.5 Å². The van der Waals surface area contributed by atoms with Crippen molar-refractivity contribution in [2.45, 2.75) is 39.3 Å². The maximum atomic E-state index is 6.28. The second-order valence-corrected chi connectivity index (χ2v) is 6.92. The molecule has 20 heavy (non-hydrogen) atoms. The summed E-state index contributed by atoms with van der Waals surface area (Å²) in [6.45, 7) is 5.32. The zero-order valence-corrected chi connectivity index (χ0v) is 12.7. The molecule has 0 aliphatic heterocycles. The Labute approximate surface area is 124 Å². The number of nitrogens with two attached hydrogens (primary N) is 1. The largest absolute Gasteiger partial charge is 0.324 e. The summed E-state index contributed by atoms with van der Waals surface area (Å²) >= 11 is 5.93. The molecule has 4 heteroatoms. The predicted molar refractivity (Wildman–Crippen MR) is 81.8 cm³/mol. The van der Waals surface area contributed by atoms with Crippen molar-refractivity contribution in [3.63, 3.8) is 0 Å². The lowest BCUT2D eigenvalue weighted by atomic mass is 9.75. The maximum absolute atomic E-state index is 6.28. The molecule has 0 saturated heterocycles. The van der Waals surface area contributed by atoms with Crippen LogP contribution in [0.1, 0.15) is 43.1 Å². The Morgan fingerprint density at radius 1 is 1.35 bits per heavy atom. The SMILES string of the molecule is CC1(C)Cc2c(cnn2Cc2ccc(Cl)cc2)C(N)C1. The summed E-state index contributed by atoms with van der Waals surface area (Å²) in [5, 5.41) is 5.30. The molecule has 1 aromatic carbocycles. The molecular weight excluding hydrogens is 270 g/mol. The first kappa shape index (κ1) is 13.7. The van der Waals surface area contributed by atoms with Crippen LogP contribution in [0.25, 0.3) is 0 Å². The maximum Gasteiger partial charge on any atom is 0.0662 e. The molecule has 0 radical (unpaired) electrons. The van der Waals surface area contributed by atoms with E-state index in [0.717, 1.165) is 24.4 Å². The molecule has 3 rings (SSSR count). The van der Waals surface area contributed by atoms with Gasteiger partial charge in [-0.05, 0) is 36.0 Å².